The number of hydrogen-bond donors (Lipinski definition) is 1. The third kappa shape index (κ3) is 1.72. The third-order valence-corrected chi connectivity index (χ3v) is 3.77. The van der Waals surface area contributed by atoms with Crippen LogP contribution in [-0.2, 0) is 19.1 Å². The summed E-state index contributed by atoms with van der Waals surface area (Å²) in [6, 6.07) is 11.6. The summed E-state index contributed by atoms with van der Waals surface area (Å²) in [6.45, 7) is 3.06. The highest BCUT2D eigenvalue weighted by Crippen LogP contribution is 2.26. The van der Waals surface area contributed by atoms with Crippen molar-refractivity contribution in [2.45, 2.75) is 19.6 Å². The minimum Gasteiger partial charge on any atom is -0.419 e. The minimum absolute atomic E-state index is 0.0944. The van der Waals surface area contributed by atoms with Crippen LogP contribution in [0, 0.1) is 0 Å². The van der Waals surface area contributed by atoms with Crippen LogP contribution >= 0.6 is 0 Å². The Morgan fingerprint density at radius 3 is 2.27 bits per heavy atom. The number of cyclic esters (lactones) is 2. The van der Waals surface area contributed by atoms with Crippen molar-refractivity contribution in [2.24, 2.45) is 0 Å². The van der Waals surface area contributed by atoms with Crippen LogP contribution in [-0.4, -0.2) is 22.7 Å². The summed E-state index contributed by atoms with van der Waals surface area (Å²) in [4.78, 5) is 27.7. The zero-order valence-electron chi connectivity index (χ0n) is 12.1. The van der Waals surface area contributed by atoms with E-state index < -0.39 is 17.7 Å². The van der Waals surface area contributed by atoms with Gasteiger partial charge < -0.3 is 14.5 Å². The van der Waals surface area contributed by atoms with E-state index in [0.717, 1.165) is 21.7 Å². The van der Waals surface area contributed by atoms with E-state index in [2.05, 4.69) is 4.98 Å². The summed E-state index contributed by atoms with van der Waals surface area (Å²) in [5, 5.41) is 3.27. The fraction of sp³-hybridized carbons (Fsp3) is 0.176. The summed E-state index contributed by atoms with van der Waals surface area (Å²) < 4.78 is 10.4. The molecule has 0 saturated carbocycles. The molecule has 0 amide bonds. The Kier molecular flexibility index (Phi) is 2.40. The molecule has 1 N–H and O–H groups in total. The summed E-state index contributed by atoms with van der Waals surface area (Å²) >= 11 is 0. The fourth-order valence-corrected chi connectivity index (χ4v) is 2.91. The molecule has 1 aromatic heterocycles. The van der Waals surface area contributed by atoms with Crippen molar-refractivity contribution < 1.29 is 19.1 Å². The van der Waals surface area contributed by atoms with Gasteiger partial charge in [-0.2, -0.15) is 0 Å². The van der Waals surface area contributed by atoms with Crippen LogP contribution < -0.4 is 5.35 Å². The molecule has 4 rings (SSSR count). The molecule has 1 saturated heterocycles. The number of esters is 2. The first-order chi connectivity index (χ1) is 10.5. The van der Waals surface area contributed by atoms with Crippen molar-refractivity contribution >= 4 is 39.2 Å². The molecule has 5 nitrogen and oxygen atoms in total. The zero-order chi connectivity index (χ0) is 15.5. The van der Waals surface area contributed by atoms with Crippen molar-refractivity contribution in [1.82, 2.24) is 4.98 Å². The third-order valence-electron chi connectivity index (χ3n) is 3.77. The van der Waals surface area contributed by atoms with E-state index in [-0.39, 0.29) is 5.57 Å². The van der Waals surface area contributed by atoms with Gasteiger partial charge in [-0.15, -0.1) is 0 Å². The van der Waals surface area contributed by atoms with Crippen LogP contribution in [0.4, 0.5) is 0 Å². The lowest BCUT2D eigenvalue weighted by molar-refractivity contribution is -0.217. The summed E-state index contributed by atoms with van der Waals surface area (Å²) in [7, 11) is 0. The van der Waals surface area contributed by atoms with Gasteiger partial charge in [0.1, 0.15) is 0 Å². The van der Waals surface area contributed by atoms with Crippen molar-refractivity contribution in [1.29, 1.82) is 0 Å². The minimum atomic E-state index is -1.24. The molecular weight excluding hydrogens is 282 g/mol. The van der Waals surface area contributed by atoms with Gasteiger partial charge in [-0.05, 0) is 11.5 Å². The Morgan fingerprint density at radius 2 is 1.59 bits per heavy atom. The van der Waals surface area contributed by atoms with E-state index >= 15 is 0 Å². The molecule has 0 aliphatic carbocycles. The summed E-state index contributed by atoms with van der Waals surface area (Å²) in [5.41, 5.74) is 0.768. The number of nitrogens with one attached hydrogen (secondary N) is 1. The average Bonchev–Trinajstić information content (AvgIpc) is 2.78. The van der Waals surface area contributed by atoms with Gasteiger partial charge in [0.15, 0.2) is 5.57 Å². The normalized spacial score (nSPS) is 17.8. The second-order valence-corrected chi connectivity index (χ2v) is 5.76. The van der Waals surface area contributed by atoms with E-state index in [4.69, 9.17) is 9.47 Å². The fourth-order valence-electron chi connectivity index (χ4n) is 2.91. The standard InChI is InChI=1S/C17H13NO4/c1-17(2)21-15(19)13(16(20)22-17)14-10-7-3-5-9-6-4-8-11(18-14)12(9)10/h3-8,18H,1-2H3. The first kappa shape index (κ1) is 12.9. The van der Waals surface area contributed by atoms with Crippen LogP contribution in [0.15, 0.2) is 36.4 Å². The molecule has 2 aromatic carbocycles. The molecule has 0 spiro atoms. The molecule has 110 valence electrons. The molecule has 0 unspecified atom stereocenters. The number of hydrogen-bond acceptors (Lipinski definition) is 4. The van der Waals surface area contributed by atoms with Crippen LogP contribution in [0.2, 0.25) is 0 Å². The SMILES string of the molecule is CC1(C)OC(=O)C(=c2[nH]c3cccc4cccc2c43)C(=O)O1. The predicted octanol–water partition coefficient (Wildman–Crippen LogP) is 2.03. The van der Waals surface area contributed by atoms with Crippen LogP contribution in [0.5, 0.6) is 0 Å². The Balaban J connectivity index is 2.11. The van der Waals surface area contributed by atoms with Crippen LogP contribution in [0.1, 0.15) is 13.8 Å². The number of carbonyl (C=O) groups excluding carboxylic acids is 2. The monoisotopic (exact) mass is 295 g/mol. The molecule has 5 heteroatoms. The Hall–Kier alpha value is -2.82. The number of aromatic amines is 1. The van der Waals surface area contributed by atoms with Crippen molar-refractivity contribution in [3.05, 3.63) is 41.7 Å². The molecule has 0 radical (unpaired) electrons. The Bertz CT molecular complexity index is 969. The molecule has 22 heavy (non-hydrogen) atoms. The number of benzene rings is 2. The lowest BCUT2D eigenvalue weighted by Crippen LogP contribution is -2.43. The van der Waals surface area contributed by atoms with Gasteiger partial charge in [-0.3, -0.25) is 0 Å². The summed E-state index contributed by atoms with van der Waals surface area (Å²) in [6.07, 6.45) is 0. The van der Waals surface area contributed by atoms with Crippen LogP contribution in [0.3, 0.4) is 0 Å². The lowest BCUT2D eigenvalue weighted by Gasteiger charge is -2.29. The number of carbonyl (C=O) groups is 2. The maximum Gasteiger partial charge on any atom is 0.351 e. The first-order valence-corrected chi connectivity index (χ1v) is 6.96. The van der Waals surface area contributed by atoms with Gasteiger partial charge in [0, 0.05) is 30.1 Å². The van der Waals surface area contributed by atoms with Gasteiger partial charge in [0.25, 0.3) is 5.79 Å². The second-order valence-electron chi connectivity index (χ2n) is 5.76. The second kappa shape index (κ2) is 4.10. The van der Waals surface area contributed by atoms with Crippen LogP contribution in [0.25, 0.3) is 27.2 Å². The largest absolute Gasteiger partial charge is 0.419 e. The predicted molar refractivity (Wildman–Crippen MR) is 80.7 cm³/mol. The van der Waals surface area contributed by atoms with Crippen molar-refractivity contribution in [3.8, 4) is 0 Å². The zero-order valence-corrected chi connectivity index (χ0v) is 12.1. The highest BCUT2D eigenvalue weighted by atomic mass is 16.7. The van der Waals surface area contributed by atoms with Gasteiger partial charge in [0.05, 0.1) is 5.35 Å². The van der Waals surface area contributed by atoms with E-state index in [9.17, 15) is 9.59 Å². The van der Waals surface area contributed by atoms with Crippen molar-refractivity contribution in [3.63, 3.8) is 0 Å². The van der Waals surface area contributed by atoms with E-state index in [1.807, 2.05) is 36.4 Å². The number of ether oxygens (including phenoxy) is 2. The molecule has 1 aliphatic rings. The molecule has 2 heterocycles. The number of aromatic nitrogens is 1. The highest BCUT2D eigenvalue weighted by molar-refractivity contribution is 6.38. The smallest absolute Gasteiger partial charge is 0.351 e. The molecular formula is C17H13NO4. The topological polar surface area (TPSA) is 68.4 Å². The molecule has 0 atom stereocenters. The maximum atomic E-state index is 12.3. The number of H-pyrrole nitrogens is 1. The van der Waals surface area contributed by atoms with Gasteiger partial charge in [0.2, 0.25) is 0 Å². The van der Waals surface area contributed by atoms with E-state index in [0.29, 0.717) is 5.35 Å². The lowest BCUT2D eigenvalue weighted by atomic mass is 10.1. The maximum absolute atomic E-state index is 12.3. The molecule has 0 bridgehead atoms. The van der Waals surface area contributed by atoms with Gasteiger partial charge in [-0.1, -0.05) is 30.3 Å². The summed E-state index contributed by atoms with van der Waals surface area (Å²) in [5.74, 6) is -2.59. The van der Waals surface area contributed by atoms with Crippen molar-refractivity contribution in [2.75, 3.05) is 0 Å². The van der Waals surface area contributed by atoms with Gasteiger partial charge >= 0.3 is 11.9 Å². The van der Waals surface area contributed by atoms with E-state index in [1.54, 1.807) is 0 Å². The average molecular weight is 295 g/mol. The quantitative estimate of drug-likeness (QED) is 0.644. The van der Waals surface area contributed by atoms with Gasteiger partial charge in [-0.25, -0.2) is 9.59 Å². The highest BCUT2D eigenvalue weighted by Gasteiger charge is 2.40. The molecule has 1 fully saturated rings. The molecule has 1 aliphatic heterocycles. The molecule has 3 aromatic rings. The van der Waals surface area contributed by atoms with E-state index in [1.165, 1.54) is 13.8 Å². The number of rotatable bonds is 0. The first-order valence-electron chi connectivity index (χ1n) is 6.96. The Labute approximate surface area is 125 Å². The Morgan fingerprint density at radius 1 is 0.955 bits per heavy atom.